The van der Waals surface area contributed by atoms with Gasteiger partial charge in [0.25, 0.3) is 11.0 Å². The van der Waals surface area contributed by atoms with Crippen LogP contribution in [0.1, 0.15) is 11.4 Å². The van der Waals surface area contributed by atoms with E-state index < -0.39 is 0 Å². The number of carbonyl (C=O) groups excluding carboxylic acids is 3. The number of rotatable bonds is 6. The van der Waals surface area contributed by atoms with Crippen LogP contribution >= 0.6 is 23.5 Å². The van der Waals surface area contributed by atoms with E-state index >= 15 is 0 Å². The summed E-state index contributed by atoms with van der Waals surface area (Å²) in [5.41, 5.74) is 1.80. The molecule has 1 saturated heterocycles. The van der Waals surface area contributed by atoms with E-state index in [1.807, 2.05) is 19.9 Å². The highest BCUT2D eigenvalue weighted by atomic mass is 32.2. The Hall–Kier alpha value is -2.14. The lowest BCUT2D eigenvalue weighted by molar-refractivity contribution is -0.125. The summed E-state index contributed by atoms with van der Waals surface area (Å²) in [5, 5.41) is 11.1. The second-order valence-electron chi connectivity index (χ2n) is 5.40. The number of amides is 3. The summed E-state index contributed by atoms with van der Waals surface area (Å²) in [7, 11) is 0. The maximum atomic E-state index is 12.0. The standard InChI is InChI=1S/C14H16N6O3S2/c1-8-5-9(2)20-12(16-8)17-18-13(20)24-6-10(21)15-3-4-19-11(22)7-25-14(19)23/h5H,3-4,6-7H2,1-2H3,(H,15,21). The molecule has 0 atom stereocenters. The van der Waals surface area contributed by atoms with Gasteiger partial charge in [0.15, 0.2) is 5.16 Å². The highest BCUT2D eigenvalue weighted by molar-refractivity contribution is 8.14. The van der Waals surface area contributed by atoms with Crippen LogP contribution in [0.3, 0.4) is 0 Å². The topological polar surface area (TPSA) is 110 Å². The van der Waals surface area contributed by atoms with Gasteiger partial charge in [0.05, 0.1) is 11.5 Å². The molecule has 0 aromatic carbocycles. The highest BCUT2D eigenvalue weighted by Gasteiger charge is 2.29. The van der Waals surface area contributed by atoms with Crippen molar-refractivity contribution in [2.45, 2.75) is 19.0 Å². The Balaban J connectivity index is 1.51. The number of aryl methyl sites for hydroxylation is 2. The van der Waals surface area contributed by atoms with Crippen LogP contribution in [0.15, 0.2) is 11.2 Å². The fraction of sp³-hybridized carbons (Fsp3) is 0.429. The number of imide groups is 1. The quantitative estimate of drug-likeness (QED) is 0.727. The minimum Gasteiger partial charge on any atom is -0.354 e. The van der Waals surface area contributed by atoms with E-state index in [-0.39, 0.29) is 41.6 Å². The summed E-state index contributed by atoms with van der Waals surface area (Å²) in [4.78, 5) is 40.3. The average Bonchev–Trinajstić information content (AvgIpc) is 3.10. The molecule has 132 valence electrons. The van der Waals surface area contributed by atoms with Crippen LogP contribution < -0.4 is 5.32 Å². The maximum Gasteiger partial charge on any atom is 0.288 e. The minimum absolute atomic E-state index is 0.157. The Labute approximate surface area is 151 Å². The van der Waals surface area contributed by atoms with Crippen molar-refractivity contribution in [3.8, 4) is 0 Å². The molecular weight excluding hydrogens is 364 g/mol. The molecule has 3 rings (SSSR count). The van der Waals surface area contributed by atoms with Crippen molar-refractivity contribution < 1.29 is 14.4 Å². The van der Waals surface area contributed by atoms with E-state index in [1.54, 1.807) is 4.40 Å². The molecule has 2 aromatic heterocycles. The molecule has 25 heavy (non-hydrogen) atoms. The van der Waals surface area contributed by atoms with Crippen LogP contribution in [0.4, 0.5) is 4.79 Å². The van der Waals surface area contributed by atoms with E-state index in [0.717, 1.165) is 28.0 Å². The van der Waals surface area contributed by atoms with Crippen molar-refractivity contribution in [2.24, 2.45) is 0 Å². The summed E-state index contributed by atoms with van der Waals surface area (Å²) in [6.07, 6.45) is 0. The van der Waals surface area contributed by atoms with Gasteiger partial charge in [-0.05, 0) is 19.9 Å². The summed E-state index contributed by atoms with van der Waals surface area (Å²) < 4.78 is 1.80. The SMILES string of the molecule is Cc1cc(C)n2c(SCC(=O)NCCN3C(=O)CSC3=O)nnc2n1. The Morgan fingerprint density at radius 2 is 2.16 bits per heavy atom. The number of hydrogen-bond donors (Lipinski definition) is 1. The van der Waals surface area contributed by atoms with Gasteiger partial charge in [-0.2, -0.15) is 0 Å². The van der Waals surface area contributed by atoms with E-state index in [9.17, 15) is 14.4 Å². The van der Waals surface area contributed by atoms with Crippen molar-refractivity contribution >= 4 is 46.4 Å². The molecule has 0 bridgehead atoms. The fourth-order valence-electron chi connectivity index (χ4n) is 2.38. The van der Waals surface area contributed by atoms with Gasteiger partial charge in [-0.15, -0.1) is 10.2 Å². The molecule has 11 heteroatoms. The average molecular weight is 380 g/mol. The Kier molecular flexibility index (Phi) is 5.23. The van der Waals surface area contributed by atoms with E-state index in [2.05, 4.69) is 20.5 Å². The molecule has 3 heterocycles. The highest BCUT2D eigenvalue weighted by Crippen LogP contribution is 2.19. The normalized spacial score (nSPS) is 14.6. The predicted molar refractivity (Wildman–Crippen MR) is 93.6 cm³/mol. The molecule has 9 nitrogen and oxygen atoms in total. The number of nitrogens with one attached hydrogen (secondary N) is 1. The number of hydrogen-bond acceptors (Lipinski definition) is 8. The number of nitrogens with zero attached hydrogens (tertiary/aromatic N) is 5. The molecule has 3 amide bonds. The maximum absolute atomic E-state index is 12.0. The number of thioether (sulfide) groups is 2. The first kappa shape index (κ1) is 17.7. The van der Waals surface area contributed by atoms with Gasteiger partial charge in [-0.1, -0.05) is 23.5 Å². The molecule has 0 unspecified atom stereocenters. The first-order valence-electron chi connectivity index (χ1n) is 7.51. The third kappa shape index (κ3) is 3.93. The molecule has 0 saturated carbocycles. The van der Waals surface area contributed by atoms with Gasteiger partial charge < -0.3 is 5.32 Å². The predicted octanol–water partition coefficient (Wildman–Crippen LogP) is 0.645. The molecule has 1 fully saturated rings. The van der Waals surface area contributed by atoms with Crippen LogP contribution in [0.5, 0.6) is 0 Å². The zero-order valence-corrected chi connectivity index (χ0v) is 15.3. The molecule has 0 spiro atoms. The zero-order valence-electron chi connectivity index (χ0n) is 13.7. The third-order valence-electron chi connectivity index (χ3n) is 3.49. The lowest BCUT2D eigenvalue weighted by Crippen LogP contribution is -2.38. The van der Waals surface area contributed by atoms with Gasteiger partial charge >= 0.3 is 0 Å². The van der Waals surface area contributed by atoms with Crippen molar-refractivity contribution in [1.29, 1.82) is 0 Å². The Bertz CT molecular complexity index is 836. The van der Waals surface area contributed by atoms with E-state index in [0.29, 0.717) is 10.9 Å². The van der Waals surface area contributed by atoms with Crippen LogP contribution in [0, 0.1) is 13.8 Å². The number of fused-ring (bicyclic) bond motifs is 1. The summed E-state index contributed by atoms with van der Waals surface area (Å²) in [5.74, 6) is 0.419. The van der Waals surface area contributed by atoms with Gasteiger partial charge in [-0.3, -0.25) is 23.7 Å². The second-order valence-corrected chi connectivity index (χ2v) is 7.26. The van der Waals surface area contributed by atoms with Gasteiger partial charge in [0.2, 0.25) is 11.8 Å². The smallest absolute Gasteiger partial charge is 0.288 e. The summed E-state index contributed by atoms with van der Waals surface area (Å²) in [6.45, 7) is 4.24. The first-order valence-corrected chi connectivity index (χ1v) is 9.49. The lowest BCUT2D eigenvalue weighted by atomic mass is 10.3. The van der Waals surface area contributed by atoms with Crippen molar-refractivity contribution in [1.82, 2.24) is 29.8 Å². The molecule has 1 aliphatic heterocycles. The molecule has 1 N–H and O–H groups in total. The monoisotopic (exact) mass is 380 g/mol. The van der Waals surface area contributed by atoms with Crippen molar-refractivity contribution in [3.05, 3.63) is 17.5 Å². The largest absolute Gasteiger partial charge is 0.354 e. The lowest BCUT2D eigenvalue weighted by Gasteiger charge is -2.12. The van der Waals surface area contributed by atoms with Crippen LogP contribution in [-0.4, -0.2) is 66.1 Å². The second kappa shape index (κ2) is 7.40. The number of aromatic nitrogens is 4. The van der Waals surface area contributed by atoms with Gasteiger partial charge in [0, 0.05) is 24.5 Å². The fourth-order valence-corrected chi connectivity index (χ4v) is 3.95. The van der Waals surface area contributed by atoms with Gasteiger partial charge in [-0.25, -0.2) is 4.98 Å². The van der Waals surface area contributed by atoms with Crippen molar-refractivity contribution in [3.63, 3.8) is 0 Å². The molecular formula is C14H16N6O3S2. The van der Waals surface area contributed by atoms with E-state index in [4.69, 9.17) is 0 Å². The minimum atomic E-state index is -0.262. The number of carbonyl (C=O) groups is 3. The van der Waals surface area contributed by atoms with Crippen LogP contribution in [0.2, 0.25) is 0 Å². The summed E-state index contributed by atoms with van der Waals surface area (Å²) in [6, 6.07) is 1.92. The van der Waals surface area contributed by atoms with Crippen LogP contribution in [-0.2, 0) is 9.59 Å². The third-order valence-corrected chi connectivity index (χ3v) is 5.28. The zero-order chi connectivity index (χ0) is 18.0. The van der Waals surface area contributed by atoms with Crippen LogP contribution in [0.25, 0.3) is 5.78 Å². The van der Waals surface area contributed by atoms with Crippen molar-refractivity contribution in [2.75, 3.05) is 24.6 Å². The molecule has 2 aromatic rings. The summed E-state index contributed by atoms with van der Waals surface area (Å²) >= 11 is 2.24. The Morgan fingerprint density at radius 3 is 2.88 bits per heavy atom. The molecule has 1 aliphatic rings. The first-order chi connectivity index (χ1) is 12.0. The molecule has 0 radical (unpaired) electrons. The van der Waals surface area contributed by atoms with Gasteiger partial charge in [0.1, 0.15) is 0 Å². The Morgan fingerprint density at radius 1 is 1.36 bits per heavy atom. The molecule has 0 aliphatic carbocycles. The van der Waals surface area contributed by atoms with E-state index in [1.165, 1.54) is 11.8 Å².